The zero-order valence-corrected chi connectivity index (χ0v) is 13.4. The average molecular weight is 302 g/mol. The molecular weight excluding hydrogens is 280 g/mol. The summed E-state index contributed by atoms with van der Waals surface area (Å²) in [6, 6.07) is 5.96. The molecule has 0 radical (unpaired) electrons. The van der Waals surface area contributed by atoms with Gasteiger partial charge in [0, 0.05) is 22.4 Å². The van der Waals surface area contributed by atoms with Gasteiger partial charge in [-0.05, 0) is 50.1 Å². The summed E-state index contributed by atoms with van der Waals surface area (Å²) in [6.45, 7) is 2.32. The standard InChI is InChI=1S/C17H22N2OS/c1-12-5-6-14(10-13(12)4-3-9-18)17(20)19-15-7-8-16(11-15)21-2/h5-6,10,15-16H,7-9,11,18H2,1-2H3,(H,19,20). The highest BCUT2D eigenvalue weighted by Gasteiger charge is 2.25. The van der Waals surface area contributed by atoms with Gasteiger partial charge >= 0.3 is 0 Å². The number of benzene rings is 1. The first-order chi connectivity index (χ1) is 10.1. The summed E-state index contributed by atoms with van der Waals surface area (Å²) in [5.74, 6) is 5.86. The quantitative estimate of drug-likeness (QED) is 0.843. The third-order valence-electron chi connectivity index (χ3n) is 3.88. The highest BCUT2D eigenvalue weighted by molar-refractivity contribution is 7.99. The molecule has 1 aliphatic rings. The van der Waals surface area contributed by atoms with Gasteiger partial charge in [-0.25, -0.2) is 0 Å². The van der Waals surface area contributed by atoms with E-state index < -0.39 is 0 Å². The maximum Gasteiger partial charge on any atom is 0.251 e. The number of nitrogens with two attached hydrogens (primary N) is 1. The van der Waals surface area contributed by atoms with Gasteiger partial charge in [0.2, 0.25) is 0 Å². The molecule has 1 amide bonds. The second-order valence-electron chi connectivity index (χ2n) is 5.38. The van der Waals surface area contributed by atoms with E-state index in [0.717, 1.165) is 24.0 Å². The van der Waals surface area contributed by atoms with Gasteiger partial charge in [-0.1, -0.05) is 17.9 Å². The van der Waals surface area contributed by atoms with Crippen LogP contribution in [0, 0.1) is 18.8 Å². The van der Waals surface area contributed by atoms with Gasteiger partial charge in [0.15, 0.2) is 0 Å². The molecule has 0 aliphatic heterocycles. The van der Waals surface area contributed by atoms with E-state index >= 15 is 0 Å². The molecule has 1 aromatic carbocycles. The minimum atomic E-state index is -0.00227. The fraction of sp³-hybridized carbons (Fsp3) is 0.471. The largest absolute Gasteiger partial charge is 0.349 e. The van der Waals surface area contributed by atoms with Crippen LogP contribution in [0.1, 0.15) is 40.7 Å². The molecule has 0 aromatic heterocycles. The van der Waals surface area contributed by atoms with Gasteiger partial charge in [-0.3, -0.25) is 4.79 Å². The molecule has 3 nitrogen and oxygen atoms in total. The first-order valence-electron chi connectivity index (χ1n) is 7.27. The maximum atomic E-state index is 12.3. The van der Waals surface area contributed by atoms with Gasteiger partial charge in [0.25, 0.3) is 5.91 Å². The van der Waals surface area contributed by atoms with Crippen molar-refractivity contribution >= 4 is 17.7 Å². The molecule has 0 spiro atoms. The van der Waals surface area contributed by atoms with Crippen LogP contribution in [0.3, 0.4) is 0 Å². The third-order valence-corrected chi connectivity index (χ3v) is 4.97. The van der Waals surface area contributed by atoms with Crippen LogP contribution in [0.4, 0.5) is 0 Å². The molecular formula is C17H22N2OS. The van der Waals surface area contributed by atoms with E-state index in [0.29, 0.717) is 23.4 Å². The number of carbonyl (C=O) groups excluding carboxylic acids is 1. The van der Waals surface area contributed by atoms with E-state index in [1.54, 1.807) is 0 Å². The Kier molecular flexibility index (Phi) is 5.72. The normalized spacial score (nSPS) is 20.7. The van der Waals surface area contributed by atoms with Crippen LogP contribution < -0.4 is 11.1 Å². The van der Waals surface area contributed by atoms with Crippen LogP contribution in [0.15, 0.2) is 18.2 Å². The molecule has 4 heteroatoms. The molecule has 0 heterocycles. The fourth-order valence-electron chi connectivity index (χ4n) is 2.60. The number of nitrogens with one attached hydrogen (secondary N) is 1. The summed E-state index contributed by atoms with van der Waals surface area (Å²) < 4.78 is 0. The average Bonchev–Trinajstić information content (AvgIpc) is 2.94. The fourth-order valence-corrected chi connectivity index (χ4v) is 3.39. The summed E-state index contributed by atoms with van der Waals surface area (Å²) in [4.78, 5) is 12.3. The Labute approximate surface area is 131 Å². The highest BCUT2D eigenvalue weighted by Crippen LogP contribution is 2.28. The molecule has 0 bridgehead atoms. The van der Waals surface area contributed by atoms with E-state index in [2.05, 4.69) is 23.4 Å². The summed E-state index contributed by atoms with van der Waals surface area (Å²) in [5, 5.41) is 3.82. The van der Waals surface area contributed by atoms with Crippen molar-refractivity contribution in [3.63, 3.8) is 0 Å². The molecule has 21 heavy (non-hydrogen) atoms. The third kappa shape index (κ3) is 4.26. The lowest BCUT2D eigenvalue weighted by atomic mass is 10.0. The van der Waals surface area contributed by atoms with Gasteiger partial charge in [0.1, 0.15) is 0 Å². The lowest BCUT2D eigenvalue weighted by molar-refractivity contribution is 0.0938. The molecule has 1 saturated carbocycles. The van der Waals surface area contributed by atoms with E-state index in [-0.39, 0.29) is 5.91 Å². The van der Waals surface area contributed by atoms with Crippen molar-refractivity contribution < 1.29 is 4.79 Å². The Morgan fingerprint density at radius 3 is 2.95 bits per heavy atom. The monoisotopic (exact) mass is 302 g/mol. The molecule has 2 atom stereocenters. The Hall–Kier alpha value is -1.44. The van der Waals surface area contributed by atoms with Crippen LogP contribution in [0.5, 0.6) is 0 Å². The predicted molar refractivity (Wildman–Crippen MR) is 89.5 cm³/mol. The van der Waals surface area contributed by atoms with E-state index in [1.807, 2.05) is 36.9 Å². The molecule has 1 aliphatic carbocycles. The number of rotatable bonds is 3. The smallest absolute Gasteiger partial charge is 0.251 e. The lowest BCUT2D eigenvalue weighted by Gasteiger charge is -2.13. The summed E-state index contributed by atoms with van der Waals surface area (Å²) in [6.07, 6.45) is 5.46. The Bertz CT molecular complexity index is 574. The molecule has 0 saturated heterocycles. The van der Waals surface area contributed by atoms with Crippen LogP contribution in [-0.4, -0.2) is 30.0 Å². The van der Waals surface area contributed by atoms with Crippen LogP contribution in [0.25, 0.3) is 0 Å². The molecule has 1 fully saturated rings. The second kappa shape index (κ2) is 7.53. The van der Waals surface area contributed by atoms with Gasteiger partial charge in [-0.15, -0.1) is 0 Å². The number of aryl methyl sites for hydroxylation is 1. The topological polar surface area (TPSA) is 55.1 Å². The van der Waals surface area contributed by atoms with Gasteiger partial charge < -0.3 is 11.1 Å². The first-order valence-corrected chi connectivity index (χ1v) is 8.56. The number of thioether (sulfide) groups is 1. The minimum Gasteiger partial charge on any atom is -0.349 e. The van der Waals surface area contributed by atoms with Crippen molar-refractivity contribution in [2.45, 2.75) is 37.5 Å². The zero-order chi connectivity index (χ0) is 15.2. The van der Waals surface area contributed by atoms with Crippen molar-refractivity contribution in [3.8, 4) is 11.8 Å². The lowest BCUT2D eigenvalue weighted by Crippen LogP contribution is -2.33. The van der Waals surface area contributed by atoms with E-state index in [1.165, 1.54) is 6.42 Å². The minimum absolute atomic E-state index is 0.00227. The van der Waals surface area contributed by atoms with Crippen LogP contribution in [-0.2, 0) is 0 Å². The van der Waals surface area contributed by atoms with E-state index in [9.17, 15) is 4.79 Å². The Morgan fingerprint density at radius 2 is 2.29 bits per heavy atom. The Morgan fingerprint density at radius 1 is 1.48 bits per heavy atom. The van der Waals surface area contributed by atoms with Crippen LogP contribution >= 0.6 is 11.8 Å². The maximum absolute atomic E-state index is 12.3. The summed E-state index contributed by atoms with van der Waals surface area (Å²) in [5.41, 5.74) is 8.02. The van der Waals surface area contributed by atoms with Crippen molar-refractivity contribution in [1.29, 1.82) is 0 Å². The number of amides is 1. The highest BCUT2D eigenvalue weighted by atomic mass is 32.2. The van der Waals surface area contributed by atoms with Crippen molar-refractivity contribution in [2.24, 2.45) is 5.73 Å². The van der Waals surface area contributed by atoms with E-state index in [4.69, 9.17) is 5.73 Å². The second-order valence-corrected chi connectivity index (χ2v) is 6.51. The van der Waals surface area contributed by atoms with Crippen molar-refractivity contribution in [3.05, 3.63) is 34.9 Å². The summed E-state index contributed by atoms with van der Waals surface area (Å²) in [7, 11) is 0. The first kappa shape index (κ1) is 15.9. The summed E-state index contributed by atoms with van der Waals surface area (Å²) >= 11 is 1.89. The SMILES string of the molecule is CSC1CCC(NC(=O)c2ccc(C)c(C#CCN)c2)C1. The Balaban J connectivity index is 2.06. The number of carbonyl (C=O) groups is 1. The van der Waals surface area contributed by atoms with Crippen molar-refractivity contribution in [2.75, 3.05) is 12.8 Å². The molecule has 2 rings (SSSR count). The molecule has 1 aromatic rings. The predicted octanol–water partition coefficient (Wildman–Crippen LogP) is 2.32. The van der Waals surface area contributed by atoms with Crippen LogP contribution in [0.2, 0.25) is 0 Å². The number of hydrogen-bond acceptors (Lipinski definition) is 3. The van der Waals surface area contributed by atoms with Gasteiger partial charge in [-0.2, -0.15) is 11.8 Å². The number of hydrogen-bond donors (Lipinski definition) is 2. The molecule has 2 unspecified atom stereocenters. The van der Waals surface area contributed by atoms with Crippen molar-refractivity contribution in [1.82, 2.24) is 5.32 Å². The van der Waals surface area contributed by atoms with Gasteiger partial charge in [0.05, 0.1) is 6.54 Å². The molecule has 112 valence electrons. The zero-order valence-electron chi connectivity index (χ0n) is 12.6. The molecule has 3 N–H and O–H groups in total.